The van der Waals surface area contributed by atoms with Crippen molar-refractivity contribution in [2.24, 2.45) is 0 Å². The molecule has 5 atom stereocenters. The number of hydrogen-bond acceptors (Lipinski definition) is 14. The van der Waals surface area contributed by atoms with E-state index in [9.17, 15) is 19.8 Å². The number of nitrogens with two attached hydrogens (primary N) is 1. The summed E-state index contributed by atoms with van der Waals surface area (Å²) in [6.07, 6.45) is 21.4. The number of ether oxygens (including phenoxy) is 3. The van der Waals surface area contributed by atoms with Crippen LogP contribution in [0.15, 0.2) is 30.9 Å². The van der Waals surface area contributed by atoms with E-state index in [0.29, 0.717) is 23.5 Å². The molecule has 0 aliphatic carbocycles. The van der Waals surface area contributed by atoms with Crippen molar-refractivity contribution in [3.05, 3.63) is 47.9 Å². The highest BCUT2D eigenvalue weighted by Gasteiger charge is 2.51. The number of nitrogens with zero attached hydrogens (tertiary/aromatic N) is 7. The number of hydrogen-bond donors (Lipinski definition) is 3. The third-order valence-electron chi connectivity index (χ3n) is 9.96. The predicted octanol–water partition coefficient (Wildman–Crippen LogP) is 7.05. The highest BCUT2D eigenvalue weighted by molar-refractivity contribution is 7.47. The topological polar surface area (TPSA) is 233 Å². The van der Waals surface area contributed by atoms with Crippen LogP contribution in [0.2, 0.25) is 0 Å². The number of nitriles is 2. The van der Waals surface area contributed by atoms with Crippen molar-refractivity contribution >= 4 is 19.2 Å². The van der Waals surface area contributed by atoms with Gasteiger partial charge in [0.25, 0.3) is 0 Å². The number of anilines is 1. The summed E-state index contributed by atoms with van der Waals surface area (Å²) in [6, 6.07) is 7.20. The molecule has 3 aromatic rings. The molecule has 0 saturated carbocycles. The maximum Gasteiger partial charge on any atom is 0.472 e. The lowest BCUT2D eigenvalue weighted by Crippen LogP contribution is -2.42. The molecule has 0 spiro atoms. The van der Waals surface area contributed by atoms with Crippen molar-refractivity contribution in [3.8, 4) is 12.1 Å². The summed E-state index contributed by atoms with van der Waals surface area (Å²) in [6.45, 7) is 1.65. The van der Waals surface area contributed by atoms with Gasteiger partial charge in [-0.2, -0.15) is 15.6 Å². The van der Waals surface area contributed by atoms with E-state index in [1.165, 1.54) is 107 Å². The van der Waals surface area contributed by atoms with Gasteiger partial charge < -0.3 is 29.9 Å². The van der Waals surface area contributed by atoms with Gasteiger partial charge in [-0.05, 0) is 18.6 Å². The summed E-state index contributed by atoms with van der Waals surface area (Å²) in [5.74, 6) is 0.246. The van der Waals surface area contributed by atoms with E-state index in [1.807, 2.05) is 12.1 Å². The lowest BCUT2D eigenvalue weighted by atomic mass is 9.99. The van der Waals surface area contributed by atoms with Crippen LogP contribution in [0.1, 0.15) is 139 Å². The minimum Gasteiger partial charge on any atom is -0.389 e. The zero-order valence-electron chi connectivity index (χ0n) is 32.7. The molecule has 1 fully saturated rings. The molecule has 0 amide bonds. The molecular weight excluding hydrogens is 739 g/mol. The number of aliphatic hydroxyl groups is 1. The Kier molecular flexibility index (Phi) is 19.6. The lowest BCUT2D eigenvalue weighted by Gasteiger charge is -2.26. The van der Waals surface area contributed by atoms with Crippen LogP contribution in [-0.4, -0.2) is 78.8 Å². The molecule has 1 saturated heterocycles. The minimum absolute atomic E-state index is 0.00553. The molecule has 17 heteroatoms. The Balaban J connectivity index is 1.17. The van der Waals surface area contributed by atoms with Crippen molar-refractivity contribution in [1.82, 2.24) is 24.6 Å². The molecule has 56 heavy (non-hydrogen) atoms. The van der Waals surface area contributed by atoms with Crippen LogP contribution in [0.5, 0.6) is 0 Å². The average Bonchev–Trinajstić information content (AvgIpc) is 3.79. The first-order valence-electron chi connectivity index (χ1n) is 20.1. The average molecular weight is 799 g/mol. The normalized spacial score (nSPS) is 19.8. The van der Waals surface area contributed by atoms with Gasteiger partial charge in [-0.3, -0.25) is 14.0 Å². The molecular formula is C39H59N8O8P. The standard InChI is InChI=1S/C39H59N8O8P/c1-2-3-4-5-6-7-8-9-10-11-12-13-14-15-16-17-20-51-26-33(52-25-32-24-43-31(22-40)23-44-32)27-53-56(49,50)54-29-39(28-41)37(48)21-36(55-39)34-18-19-35-38(42)45-30-46-47(34)35/h18-19,23-24,30,33,36-37,48H,2-17,20-21,25-27,29H2,1H3,(H,49,50)(H2,42,45,46)/t33?,36-,37+,39-/m1/s1. The highest BCUT2D eigenvalue weighted by Crippen LogP contribution is 2.47. The summed E-state index contributed by atoms with van der Waals surface area (Å²) < 4.78 is 42.7. The monoisotopic (exact) mass is 798 g/mol. The van der Waals surface area contributed by atoms with Crippen LogP contribution >= 0.6 is 7.82 Å². The smallest absolute Gasteiger partial charge is 0.389 e. The van der Waals surface area contributed by atoms with E-state index < -0.39 is 38.3 Å². The number of aromatic nitrogens is 5. The first kappa shape index (κ1) is 45.1. The minimum atomic E-state index is -4.78. The van der Waals surface area contributed by atoms with Crippen LogP contribution in [0.4, 0.5) is 5.82 Å². The second kappa shape index (κ2) is 24.3. The number of rotatable bonds is 29. The maximum atomic E-state index is 13.0. The molecule has 2 unspecified atom stereocenters. The number of phosphoric ester groups is 1. The van der Waals surface area contributed by atoms with Gasteiger partial charge in [-0.25, -0.2) is 19.0 Å². The fraction of sp³-hybridized carbons (Fsp3) is 0.692. The molecule has 0 radical (unpaired) electrons. The Labute approximate surface area is 330 Å². The SMILES string of the molecule is CCCCCCCCCCCCCCCCCCOCC(COP(=O)(O)OC[C@@]1(C#N)O[C@@H](c2ccc3c(N)ncnn23)C[C@@H]1O)OCc1cnc(C#N)cn1. The summed E-state index contributed by atoms with van der Waals surface area (Å²) in [5, 5.41) is 34.1. The zero-order valence-corrected chi connectivity index (χ0v) is 33.6. The molecule has 0 bridgehead atoms. The summed E-state index contributed by atoms with van der Waals surface area (Å²) in [5.41, 5.74) is 5.61. The number of fused-ring (bicyclic) bond motifs is 1. The summed E-state index contributed by atoms with van der Waals surface area (Å²) in [7, 11) is -4.78. The molecule has 4 N–H and O–H groups in total. The van der Waals surface area contributed by atoms with Crippen molar-refractivity contribution < 1.29 is 37.8 Å². The highest BCUT2D eigenvalue weighted by atomic mass is 31.2. The summed E-state index contributed by atoms with van der Waals surface area (Å²) >= 11 is 0. The van der Waals surface area contributed by atoms with Gasteiger partial charge in [-0.1, -0.05) is 103 Å². The Bertz CT molecular complexity index is 1720. The largest absolute Gasteiger partial charge is 0.472 e. The van der Waals surface area contributed by atoms with Crippen LogP contribution in [0.25, 0.3) is 5.52 Å². The van der Waals surface area contributed by atoms with Crippen molar-refractivity contribution in [1.29, 1.82) is 10.5 Å². The van der Waals surface area contributed by atoms with Gasteiger partial charge >= 0.3 is 7.82 Å². The number of unbranched alkanes of at least 4 members (excludes halogenated alkanes) is 15. The Hall–Kier alpha value is -3.57. The quantitative estimate of drug-likeness (QED) is 0.0471. The van der Waals surface area contributed by atoms with Gasteiger partial charge in [0.2, 0.25) is 5.60 Å². The fourth-order valence-corrected chi connectivity index (χ4v) is 7.41. The molecule has 1 aliphatic rings. The maximum absolute atomic E-state index is 13.0. The van der Waals surface area contributed by atoms with Crippen LogP contribution in [0.3, 0.4) is 0 Å². The van der Waals surface area contributed by atoms with Crippen molar-refractivity contribution in [2.75, 3.05) is 32.2 Å². The second-order valence-electron chi connectivity index (χ2n) is 14.4. The third kappa shape index (κ3) is 14.7. The van der Waals surface area contributed by atoms with Crippen LogP contribution in [0, 0.1) is 22.7 Å². The van der Waals surface area contributed by atoms with E-state index in [4.69, 9.17) is 34.3 Å². The van der Waals surface area contributed by atoms with Gasteiger partial charge in [0, 0.05) is 13.0 Å². The molecule has 4 heterocycles. The number of phosphoric acid groups is 1. The third-order valence-corrected chi connectivity index (χ3v) is 10.9. The van der Waals surface area contributed by atoms with E-state index in [0.717, 1.165) is 19.3 Å². The predicted molar refractivity (Wildman–Crippen MR) is 208 cm³/mol. The Morgan fingerprint density at radius 2 is 1.61 bits per heavy atom. The molecule has 3 aromatic heterocycles. The Morgan fingerprint density at radius 3 is 2.21 bits per heavy atom. The molecule has 4 rings (SSSR count). The molecule has 308 valence electrons. The van der Waals surface area contributed by atoms with Crippen molar-refractivity contribution in [3.63, 3.8) is 0 Å². The van der Waals surface area contributed by atoms with E-state index in [1.54, 1.807) is 12.1 Å². The van der Waals surface area contributed by atoms with E-state index in [-0.39, 0.29) is 37.8 Å². The molecule has 1 aliphatic heterocycles. The van der Waals surface area contributed by atoms with Crippen LogP contribution < -0.4 is 5.73 Å². The molecule has 0 aromatic carbocycles. The van der Waals surface area contributed by atoms with Gasteiger partial charge in [0.05, 0.1) is 43.6 Å². The number of nitrogen functional groups attached to an aromatic ring is 1. The van der Waals surface area contributed by atoms with Crippen molar-refractivity contribution in [2.45, 2.75) is 147 Å². The first-order valence-corrected chi connectivity index (χ1v) is 21.6. The Morgan fingerprint density at radius 1 is 0.946 bits per heavy atom. The van der Waals surface area contributed by atoms with Gasteiger partial charge in [-0.15, -0.1) is 0 Å². The van der Waals surface area contributed by atoms with E-state index >= 15 is 0 Å². The summed E-state index contributed by atoms with van der Waals surface area (Å²) in [4.78, 5) is 22.7. The van der Waals surface area contributed by atoms with Gasteiger partial charge in [0.1, 0.15) is 48.9 Å². The molecule has 16 nitrogen and oxygen atoms in total. The number of aliphatic hydroxyl groups excluding tert-OH is 1. The van der Waals surface area contributed by atoms with E-state index in [2.05, 4.69) is 27.0 Å². The first-order chi connectivity index (χ1) is 27.2. The van der Waals surface area contributed by atoms with Gasteiger partial charge in [0.15, 0.2) is 11.5 Å². The van der Waals surface area contributed by atoms with Crippen LogP contribution in [-0.2, 0) is 34.4 Å². The fourth-order valence-electron chi connectivity index (χ4n) is 6.63. The lowest BCUT2D eigenvalue weighted by molar-refractivity contribution is -0.0791. The second-order valence-corrected chi connectivity index (χ2v) is 15.9. The zero-order chi connectivity index (χ0) is 40.1.